The molecular weight excluding hydrogens is 494 g/mol. The third-order valence-electron chi connectivity index (χ3n) is 7.20. The lowest BCUT2D eigenvalue weighted by molar-refractivity contribution is -0.289. The number of hydrogen-bond acceptors (Lipinski definition) is 14. The molecule has 0 spiro atoms. The van der Waals surface area contributed by atoms with Crippen molar-refractivity contribution in [3.05, 3.63) is 0 Å². The molecule has 216 valence electrons. The minimum Gasteiger partial charge on any atom is -0.394 e. The van der Waals surface area contributed by atoms with Gasteiger partial charge in [0.25, 0.3) is 0 Å². The van der Waals surface area contributed by atoms with Crippen molar-refractivity contribution in [3.8, 4) is 0 Å². The summed E-state index contributed by atoms with van der Waals surface area (Å²) in [4.78, 5) is 12.4. The van der Waals surface area contributed by atoms with Gasteiger partial charge < -0.3 is 72.7 Å². The highest BCUT2D eigenvalue weighted by atomic mass is 16.7. The number of ether oxygens (including phenoxy) is 4. The Morgan fingerprint density at radius 3 is 2.30 bits per heavy atom. The standard InChI is InChI=1S/C22H43N5O10/c1-8(24)13-3-2-9(25)21(34-13)36-18-10(26)6-11(27-20(33)12(29)4-5-23)15(30)19(18)37-22-17(32)16(31)14(7-28)35-22/h8-19,21-22,28-32H,2-7,23-26H2,1H3,(H,27,33). The van der Waals surface area contributed by atoms with E-state index >= 15 is 0 Å². The van der Waals surface area contributed by atoms with Gasteiger partial charge >= 0.3 is 0 Å². The van der Waals surface area contributed by atoms with E-state index < -0.39 is 85.9 Å². The summed E-state index contributed by atoms with van der Waals surface area (Å²) >= 11 is 0. The van der Waals surface area contributed by atoms with E-state index in [-0.39, 0.29) is 31.5 Å². The summed E-state index contributed by atoms with van der Waals surface area (Å²) in [6.45, 7) is 1.30. The molecule has 15 heteroatoms. The Kier molecular flexibility index (Phi) is 11.0. The van der Waals surface area contributed by atoms with Crippen LogP contribution in [0.25, 0.3) is 0 Å². The van der Waals surface area contributed by atoms with E-state index in [4.69, 9.17) is 41.9 Å². The molecule has 1 aliphatic carbocycles. The second kappa shape index (κ2) is 13.3. The molecule has 0 bridgehead atoms. The third kappa shape index (κ3) is 7.13. The van der Waals surface area contributed by atoms with Crippen LogP contribution >= 0.6 is 0 Å². The van der Waals surface area contributed by atoms with Gasteiger partial charge in [0.2, 0.25) is 5.91 Å². The highest BCUT2D eigenvalue weighted by Crippen LogP contribution is 2.32. The zero-order valence-electron chi connectivity index (χ0n) is 20.9. The summed E-state index contributed by atoms with van der Waals surface area (Å²) in [5.41, 5.74) is 24.0. The van der Waals surface area contributed by atoms with Crippen molar-refractivity contribution in [2.75, 3.05) is 13.2 Å². The van der Waals surface area contributed by atoms with Gasteiger partial charge in [0, 0.05) is 12.1 Å². The Labute approximate surface area is 215 Å². The molecule has 14 atom stereocenters. The SMILES string of the molecule is CC(N)C1CCC(N)C(OC2C(N)CC(NC(=O)C(O)CCN)C(O)C2OC2OC(CO)C(O)C2O)O1. The van der Waals surface area contributed by atoms with Crippen LogP contribution in [0.4, 0.5) is 0 Å². The first kappa shape index (κ1) is 30.5. The van der Waals surface area contributed by atoms with Crippen LogP contribution in [-0.2, 0) is 23.7 Å². The summed E-state index contributed by atoms with van der Waals surface area (Å²) < 4.78 is 23.4. The lowest BCUT2D eigenvalue weighted by atomic mass is 9.83. The zero-order valence-corrected chi connectivity index (χ0v) is 20.9. The largest absolute Gasteiger partial charge is 0.394 e. The monoisotopic (exact) mass is 537 g/mol. The Morgan fingerprint density at radius 2 is 1.70 bits per heavy atom. The lowest BCUT2D eigenvalue weighted by Gasteiger charge is -2.47. The molecule has 2 aliphatic heterocycles. The number of carbonyl (C=O) groups excluding carboxylic acids is 1. The topological polar surface area (TPSA) is 271 Å². The molecule has 0 radical (unpaired) electrons. The zero-order chi connectivity index (χ0) is 27.4. The summed E-state index contributed by atoms with van der Waals surface area (Å²) in [6.07, 6.45) is -10.7. The van der Waals surface area contributed by atoms with Crippen LogP contribution in [0.15, 0.2) is 0 Å². The van der Waals surface area contributed by atoms with E-state index in [9.17, 15) is 30.3 Å². The second-order valence-corrected chi connectivity index (χ2v) is 10.1. The fourth-order valence-corrected chi connectivity index (χ4v) is 4.92. The van der Waals surface area contributed by atoms with E-state index in [0.717, 1.165) is 0 Å². The number of nitrogens with one attached hydrogen (secondary N) is 1. The van der Waals surface area contributed by atoms with E-state index in [1.165, 1.54) is 0 Å². The Balaban J connectivity index is 1.81. The third-order valence-corrected chi connectivity index (χ3v) is 7.20. The quantitative estimate of drug-likeness (QED) is 0.125. The summed E-state index contributed by atoms with van der Waals surface area (Å²) in [6, 6.07) is -2.59. The van der Waals surface area contributed by atoms with Crippen LogP contribution in [0.3, 0.4) is 0 Å². The molecule has 14 N–H and O–H groups in total. The summed E-state index contributed by atoms with van der Waals surface area (Å²) in [5, 5.41) is 53.7. The van der Waals surface area contributed by atoms with Gasteiger partial charge in [0.05, 0.1) is 24.8 Å². The number of carbonyl (C=O) groups is 1. The van der Waals surface area contributed by atoms with Gasteiger partial charge in [-0.15, -0.1) is 0 Å². The van der Waals surface area contributed by atoms with Gasteiger partial charge in [-0.25, -0.2) is 0 Å². The second-order valence-electron chi connectivity index (χ2n) is 10.1. The molecule has 14 unspecified atom stereocenters. The van der Waals surface area contributed by atoms with E-state index in [1.807, 2.05) is 0 Å². The summed E-state index contributed by atoms with van der Waals surface area (Å²) in [5.74, 6) is -0.745. The number of aliphatic hydroxyl groups excluding tert-OH is 5. The van der Waals surface area contributed by atoms with Crippen LogP contribution < -0.4 is 28.3 Å². The molecular formula is C22H43N5O10. The molecule has 15 nitrogen and oxygen atoms in total. The number of nitrogens with two attached hydrogens (primary N) is 4. The van der Waals surface area contributed by atoms with Crippen LogP contribution in [0.2, 0.25) is 0 Å². The van der Waals surface area contributed by atoms with Crippen molar-refractivity contribution in [1.82, 2.24) is 5.32 Å². The first-order valence-electron chi connectivity index (χ1n) is 12.7. The first-order valence-corrected chi connectivity index (χ1v) is 12.7. The molecule has 0 aromatic heterocycles. The van der Waals surface area contributed by atoms with Crippen molar-refractivity contribution in [1.29, 1.82) is 0 Å². The van der Waals surface area contributed by atoms with E-state index in [0.29, 0.717) is 12.8 Å². The molecule has 3 fully saturated rings. The van der Waals surface area contributed by atoms with Crippen molar-refractivity contribution < 1.29 is 49.3 Å². The average molecular weight is 538 g/mol. The van der Waals surface area contributed by atoms with Gasteiger partial charge in [-0.1, -0.05) is 0 Å². The molecule has 1 saturated carbocycles. The first-order chi connectivity index (χ1) is 17.5. The van der Waals surface area contributed by atoms with Gasteiger partial charge in [-0.3, -0.25) is 4.79 Å². The van der Waals surface area contributed by atoms with E-state index in [1.54, 1.807) is 6.92 Å². The van der Waals surface area contributed by atoms with Crippen LogP contribution in [0.5, 0.6) is 0 Å². The molecule has 0 aromatic rings. The Morgan fingerprint density at radius 1 is 1.03 bits per heavy atom. The Hall–Kier alpha value is -1.05. The fraction of sp³-hybridized carbons (Fsp3) is 0.955. The predicted octanol–water partition coefficient (Wildman–Crippen LogP) is -5.34. The molecule has 2 heterocycles. The molecule has 37 heavy (non-hydrogen) atoms. The maximum absolute atomic E-state index is 12.4. The molecule has 3 rings (SSSR count). The number of aliphatic hydroxyl groups is 5. The lowest BCUT2D eigenvalue weighted by Crippen LogP contribution is -2.67. The maximum Gasteiger partial charge on any atom is 0.249 e. The van der Waals surface area contributed by atoms with Gasteiger partial charge in [0.15, 0.2) is 12.6 Å². The van der Waals surface area contributed by atoms with Crippen molar-refractivity contribution in [3.63, 3.8) is 0 Å². The molecule has 2 saturated heterocycles. The van der Waals surface area contributed by atoms with Gasteiger partial charge in [-0.05, 0) is 39.2 Å². The average Bonchev–Trinajstić information content (AvgIpc) is 3.13. The normalized spacial score (nSPS) is 44.4. The molecule has 1 amide bonds. The number of amides is 1. The molecule has 0 aromatic carbocycles. The highest BCUT2D eigenvalue weighted by Gasteiger charge is 2.51. The number of hydrogen-bond donors (Lipinski definition) is 10. The van der Waals surface area contributed by atoms with Crippen molar-refractivity contribution >= 4 is 5.91 Å². The number of rotatable bonds is 10. The minimum atomic E-state index is -1.54. The predicted molar refractivity (Wildman–Crippen MR) is 127 cm³/mol. The van der Waals surface area contributed by atoms with Crippen molar-refractivity contribution in [2.45, 2.75) is 118 Å². The summed E-state index contributed by atoms with van der Waals surface area (Å²) in [7, 11) is 0. The van der Waals surface area contributed by atoms with Gasteiger partial charge in [-0.2, -0.15) is 0 Å². The maximum atomic E-state index is 12.4. The van der Waals surface area contributed by atoms with E-state index in [2.05, 4.69) is 5.32 Å². The highest BCUT2D eigenvalue weighted by molar-refractivity contribution is 5.80. The minimum absolute atomic E-state index is 0.0204. The van der Waals surface area contributed by atoms with Crippen LogP contribution in [-0.4, -0.2) is 130 Å². The van der Waals surface area contributed by atoms with Crippen LogP contribution in [0.1, 0.15) is 32.6 Å². The fourth-order valence-electron chi connectivity index (χ4n) is 4.92. The van der Waals surface area contributed by atoms with Gasteiger partial charge in [0.1, 0.15) is 42.7 Å². The molecule has 3 aliphatic rings. The van der Waals surface area contributed by atoms with Crippen LogP contribution in [0, 0.1) is 0 Å². The van der Waals surface area contributed by atoms with Crippen molar-refractivity contribution in [2.24, 2.45) is 22.9 Å². The smallest absolute Gasteiger partial charge is 0.249 e. The Bertz CT molecular complexity index is 738.